The molecule has 0 aromatic heterocycles. The number of benzene rings is 3. The molecule has 158 valence electrons. The number of rotatable bonds is 8. The number of nitrogens with zero attached hydrogens (tertiary/aromatic N) is 1. The molecule has 0 aliphatic carbocycles. The van der Waals surface area contributed by atoms with Gasteiger partial charge in [-0.1, -0.05) is 30.3 Å². The summed E-state index contributed by atoms with van der Waals surface area (Å²) in [5.41, 5.74) is 3.62. The van der Waals surface area contributed by atoms with Crippen molar-refractivity contribution in [2.24, 2.45) is 5.10 Å². The smallest absolute Gasteiger partial charge is 0.335 e. The minimum Gasteiger partial charge on any atom is -0.493 e. The van der Waals surface area contributed by atoms with Crippen molar-refractivity contribution in [1.82, 2.24) is 5.43 Å². The molecule has 0 aliphatic rings. The first-order valence-electron chi connectivity index (χ1n) is 9.19. The summed E-state index contributed by atoms with van der Waals surface area (Å²) in [5, 5.41) is 12.9. The van der Waals surface area contributed by atoms with Gasteiger partial charge in [-0.15, -0.1) is 0 Å². The minimum absolute atomic E-state index is 0.119. The number of amides is 1. The molecule has 0 heterocycles. The Hall–Kier alpha value is -4.20. The Labute approximate surface area is 177 Å². The van der Waals surface area contributed by atoms with Gasteiger partial charge >= 0.3 is 5.97 Å². The lowest BCUT2D eigenvalue weighted by Crippen LogP contribution is -2.19. The molecule has 31 heavy (non-hydrogen) atoms. The van der Waals surface area contributed by atoms with Gasteiger partial charge in [0.05, 0.1) is 24.5 Å². The van der Waals surface area contributed by atoms with Crippen LogP contribution in [0.3, 0.4) is 0 Å². The summed E-state index contributed by atoms with van der Waals surface area (Å²) < 4.78 is 24.9. The lowest BCUT2D eigenvalue weighted by molar-refractivity contribution is 0.0696. The van der Waals surface area contributed by atoms with Gasteiger partial charge in [-0.05, 0) is 42.0 Å². The molecule has 0 bridgehead atoms. The van der Waals surface area contributed by atoms with E-state index in [1.807, 2.05) is 0 Å². The third-order valence-corrected chi connectivity index (χ3v) is 4.30. The molecule has 2 N–H and O–H groups in total. The number of aromatic carboxylic acids is 1. The largest absolute Gasteiger partial charge is 0.493 e. The Morgan fingerprint density at radius 2 is 1.81 bits per heavy atom. The van der Waals surface area contributed by atoms with E-state index in [9.17, 15) is 14.0 Å². The van der Waals surface area contributed by atoms with E-state index in [2.05, 4.69) is 10.5 Å². The molecular formula is C23H19FN2O5. The second kappa shape index (κ2) is 10.0. The molecule has 0 atom stereocenters. The number of ether oxygens (including phenoxy) is 2. The van der Waals surface area contributed by atoms with Gasteiger partial charge in [-0.3, -0.25) is 4.79 Å². The molecular weight excluding hydrogens is 403 g/mol. The highest BCUT2D eigenvalue weighted by atomic mass is 19.1. The summed E-state index contributed by atoms with van der Waals surface area (Å²) in [7, 11) is 1.49. The van der Waals surface area contributed by atoms with Crippen LogP contribution in [0, 0.1) is 5.82 Å². The number of nitrogens with one attached hydrogen (secondary N) is 1. The molecule has 0 spiro atoms. The van der Waals surface area contributed by atoms with Crippen LogP contribution in [-0.2, 0) is 6.61 Å². The predicted octanol–water partition coefficient (Wildman–Crippen LogP) is 3.88. The van der Waals surface area contributed by atoms with Gasteiger partial charge in [0.1, 0.15) is 12.4 Å². The molecule has 3 aromatic carbocycles. The average molecular weight is 422 g/mol. The molecule has 0 fully saturated rings. The first-order chi connectivity index (χ1) is 15.0. The molecule has 0 saturated carbocycles. The second-order valence-corrected chi connectivity index (χ2v) is 6.35. The van der Waals surface area contributed by atoms with Crippen molar-refractivity contribution in [3.8, 4) is 11.5 Å². The van der Waals surface area contributed by atoms with Crippen molar-refractivity contribution >= 4 is 18.1 Å². The molecule has 0 saturated heterocycles. The van der Waals surface area contributed by atoms with E-state index in [1.54, 1.807) is 36.4 Å². The number of carboxylic acids is 1. The summed E-state index contributed by atoms with van der Waals surface area (Å²) in [6.45, 7) is 0.155. The maximum Gasteiger partial charge on any atom is 0.335 e. The fourth-order valence-electron chi connectivity index (χ4n) is 2.71. The van der Waals surface area contributed by atoms with Gasteiger partial charge in [0, 0.05) is 5.56 Å². The summed E-state index contributed by atoms with van der Waals surface area (Å²) in [6.07, 6.45) is 1.37. The van der Waals surface area contributed by atoms with Crippen LogP contribution in [0.2, 0.25) is 0 Å². The second-order valence-electron chi connectivity index (χ2n) is 6.35. The van der Waals surface area contributed by atoms with Crippen molar-refractivity contribution in [1.29, 1.82) is 0 Å². The van der Waals surface area contributed by atoms with E-state index in [-0.39, 0.29) is 17.7 Å². The summed E-state index contributed by atoms with van der Waals surface area (Å²) in [4.78, 5) is 23.1. The van der Waals surface area contributed by atoms with Crippen LogP contribution in [0.25, 0.3) is 0 Å². The summed E-state index contributed by atoms with van der Waals surface area (Å²) >= 11 is 0. The monoisotopic (exact) mass is 422 g/mol. The Bertz CT molecular complexity index is 1110. The maximum atomic E-state index is 13.7. The minimum atomic E-state index is -1.01. The highest BCUT2D eigenvalue weighted by molar-refractivity contribution is 5.95. The average Bonchev–Trinajstić information content (AvgIpc) is 2.78. The van der Waals surface area contributed by atoms with E-state index < -0.39 is 17.7 Å². The van der Waals surface area contributed by atoms with Gasteiger partial charge in [0.25, 0.3) is 5.91 Å². The van der Waals surface area contributed by atoms with E-state index >= 15 is 0 Å². The van der Waals surface area contributed by atoms with E-state index in [0.29, 0.717) is 17.1 Å². The van der Waals surface area contributed by atoms with Gasteiger partial charge in [0.15, 0.2) is 11.5 Å². The van der Waals surface area contributed by atoms with E-state index in [4.69, 9.17) is 14.6 Å². The third-order valence-electron chi connectivity index (χ3n) is 4.30. The first kappa shape index (κ1) is 21.5. The van der Waals surface area contributed by atoms with Crippen molar-refractivity contribution in [2.45, 2.75) is 6.61 Å². The summed E-state index contributed by atoms with van der Waals surface area (Å²) in [5.74, 6) is -1.50. The topological polar surface area (TPSA) is 97.2 Å². The number of halogens is 1. The highest BCUT2D eigenvalue weighted by Gasteiger charge is 2.12. The number of hydrogen-bond acceptors (Lipinski definition) is 5. The van der Waals surface area contributed by atoms with E-state index in [1.165, 1.54) is 43.7 Å². The Kier molecular flexibility index (Phi) is 6.95. The van der Waals surface area contributed by atoms with Crippen LogP contribution >= 0.6 is 0 Å². The Morgan fingerprint density at radius 1 is 1.06 bits per heavy atom. The van der Waals surface area contributed by atoms with Gasteiger partial charge in [0.2, 0.25) is 0 Å². The van der Waals surface area contributed by atoms with Crippen LogP contribution in [0.15, 0.2) is 71.8 Å². The number of carbonyl (C=O) groups excluding carboxylic acids is 1. The van der Waals surface area contributed by atoms with Crippen LogP contribution in [0.4, 0.5) is 4.39 Å². The van der Waals surface area contributed by atoms with Crippen molar-refractivity contribution in [3.63, 3.8) is 0 Å². The third kappa shape index (κ3) is 5.45. The quantitative estimate of drug-likeness (QED) is 0.424. The number of carbonyl (C=O) groups is 2. The number of methoxy groups -OCH3 is 1. The zero-order valence-electron chi connectivity index (χ0n) is 16.5. The molecule has 0 unspecified atom stereocenters. The number of hydrogen-bond donors (Lipinski definition) is 2. The van der Waals surface area contributed by atoms with Crippen molar-refractivity contribution in [3.05, 3.63) is 94.8 Å². The van der Waals surface area contributed by atoms with Gasteiger partial charge in [-0.25, -0.2) is 14.6 Å². The van der Waals surface area contributed by atoms with E-state index in [0.717, 1.165) is 5.56 Å². The number of carboxylic acid groups (broad SMARTS) is 1. The standard InChI is InChI=1S/C23H19FN2O5/c1-30-20-8-4-5-17(13-25-26-22(27)18-6-2-3-7-19(18)24)21(20)31-14-15-9-11-16(12-10-15)23(28)29/h2-13H,14H2,1H3,(H,26,27)(H,28,29)/b25-13-. The molecule has 8 heteroatoms. The van der Waals surface area contributed by atoms with Crippen molar-refractivity contribution in [2.75, 3.05) is 7.11 Å². The number of para-hydroxylation sites is 1. The molecule has 7 nitrogen and oxygen atoms in total. The molecule has 0 radical (unpaired) electrons. The molecule has 1 amide bonds. The van der Waals surface area contributed by atoms with Crippen LogP contribution in [-0.4, -0.2) is 30.3 Å². The molecule has 0 aliphatic heterocycles. The highest BCUT2D eigenvalue weighted by Crippen LogP contribution is 2.30. The first-order valence-corrected chi connectivity index (χ1v) is 9.19. The van der Waals surface area contributed by atoms with Gasteiger partial charge in [-0.2, -0.15) is 5.10 Å². The Balaban J connectivity index is 1.74. The number of hydrazone groups is 1. The fraction of sp³-hybridized carbons (Fsp3) is 0.0870. The zero-order chi connectivity index (χ0) is 22.2. The SMILES string of the molecule is COc1cccc(/C=N\NC(=O)c2ccccc2F)c1OCc1ccc(C(=O)O)cc1. The fourth-order valence-corrected chi connectivity index (χ4v) is 2.71. The normalized spacial score (nSPS) is 10.6. The maximum absolute atomic E-state index is 13.7. The lowest BCUT2D eigenvalue weighted by atomic mass is 10.1. The van der Waals surface area contributed by atoms with Crippen LogP contribution in [0.1, 0.15) is 31.8 Å². The Morgan fingerprint density at radius 3 is 2.48 bits per heavy atom. The lowest BCUT2D eigenvalue weighted by Gasteiger charge is -2.13. The molecule has 3 rings (SSSR count). The summed E-state index contributed by atoms with van der Waals surface area (Å²) in [6, 6.07) is 17.0. The zero-order valence-corrected chi connectivity index (χ0v) is 16.5. The van der Waals surface area contributed by atoms with Crippen LogP contribution in [0.5, 0.6) is 11.5 Å². The van der Waals surface area contributed by atoms with Crippen molar-refractivity contribution < 1.29 is 28.6 Å². The van der Waals surface area contributed by atoms with Gasteiger partial charge < -0.3 is 14.6 Å². The molecule has 3 aromatic rings. The predicted molar refractivity (Wildman–Crippen MR) is 112 cm³/mol. The van der Waals surface area contributed by atoms with Crippen LogP contribution < -0.4 is 14.9 Å².